The van der Waals surface area contributed by atoms with Gasteiger partial charge in [-0.1, -0.05) is 0 Å². The van der Waals surface area contributed by atoms with Crippen molar-refractivity contribution in [1.29, 1.82) is 0 Å². The Labute approximate surface area is 284 Å². The van der Waals surface area contributed by atoms with Crippen LogP contribution in [0.25, 0.3) is 0 Å². The van der Waals surface area contributed by atoms with Gasteiger partial charge < -0.3 is 74.8 Å². The molecule has 284 valence electrons. The van der Waals surface area contributed by atoms with Crippen molar-refractivity contribution in [2.45, 2.75) is 151 Å². The number of aliphatic hydroxyl groups is 7. The number of ether oxygens (including phenoxy) is 6. The molecule has 49 heavy (non-hydrogen) atoms. The van der Waals surface area contributed by atoms with Crippen molar-refractivity contribution in [3.8, 4) is 0 Å². The van der Waals surface area contributed by atoms with Gasteiger partial charge in [0, 0.05) is 46.3 Å². The van der Waals surface area contributed by atoms with E-state index in [2.05, 4.69) is 10.6 Å². The molecule has 0 aromatic rings. The maximum absolute atomic E-state index is 12.3. The van der Waals surface area contributed by atoms with Gasteiger partial charge in [0.15, 0.2) is 18.9 Å². The first-order chi connectivity index (χ1) is 23.3. The van der Waals surface area contributed by atoms with Crippen molar-refractivity contribution in [2.75, 3.05) is 26.9 Å². The molecule has 5 unspecified atom stereocenters. The summed E-state index contributed by atoms with van der Waals surface area (Å²) in [5, 5.41) is 77.9. The van der Waals surface area contributed by atoms with Crippen LogP contribution in [0.5, 0.6) is 0 Å². The van der Waals surface area contributed by atoms with Crippen LogP contribution in [0.2, 0.25) is 0 Å². The summed E-state index contributed by atoms with van der Waals surface area (Å²) in [6, 6.07) is -1.37. The van der Waals surface area contributed by atoms with Gasteiger partial charge in [0.2, 0.25) is 11.8 Å². The number of rotatable bonds is 18. The Morgan fingerprint density at radius 2 is 1.37 bits per heavy atom. The van der Waals surface area contributed by atoms with Crippen molar-refractivity contribution in [2.24, 2.45) is 0 Å². The second kappa shape index (κ2) is 20.2. The Kier molecular flexibility index (Phi) is 17.1. The lowest BCUT2D eigenvalue weighted by atomic mass is 9.95. The molecule has 9 N–H and O–H groups in total. The fourth-order valence-electron chi connectivity index (χ4n) is 5.99. The van der Waals surface area contributed by atoms with E-state index >= 15 is 0 Å². The van der Waals surface area contributed by atoms with E-state index in [4.69, 9.17) is 28.4 Å². The van der Waals surface area contributed by atoms with Crippen LogP contribution in [0.4, 0.5) is 0 Å². The molecule has 0 aliphatic carbocycles. The summed E-state index contributed by atoms with van der Waals surface area (Å²) in [6.07, 6.45) is -14.8. The number of ketones is 1. The molecule has 3 fully saturated rings. The number of unbranched alkanes of at least 4 members (excludes halogenated alkanes) is 2. The summed E-state index contributed by atoms with van der Waals surface area (Å²) in [7, 11) is 1.56. The summed E-state index contributed by atoms with van der Waals surface area (Å²) in [4.78, 5) is 35.6. The van der Waals surface area contributed by atoms with E-state index in [-0.39, 0.29) is 31.1 Å². The molecule has 0 aromatic carbocycles. The van der Waals surface area contributed by atoms with Gasteiger partial charge in [0.1, 0.15) is 60.7 Å². The fraction of sp³-hybridized carbons (Fsp3) is 0.903. The minimum Gasteiger partial charge on any atom is -0.394 e. The number of hydrogen-bond donors (Lipinski definition) is 9. The summed E-state index contributed by atoms with van der Waals surface area (Å²) in [5.74, 6) is -0.642. The predicted octanol–water partition coefficient (Wildman–Crippen LogP) is -3.30. The normalized spacial score (nSPS) is 38.2. The van der Waals surface area contributed by atoms with E-state index in [0.29, 0.717) is 38.5 Å². The Balaban J connectivity index is 1.75. The van der Waals surface area contributed by atoms with E-state index in [1.165, 1.54) is 6.92 Å². The summed E-state index contributed by atoms with van der Waals surface area (Å²) in [5.41, 5.74) is 0. The van der Waals surface area contributed by atoms with Gasteiger partial charge in [-0.2, -0.15) is 0 Å². The second-order valence-corrected chi connectivity index (χ2v) is 12.7. The molecule has 2 amide bonds. The van der Waals surface area contributed by atoms with Crippen molar-refractivity contribution in [3.63, 3.8) is 0 Å². The number of nitrogens with one attached hydrogen (secondary N) is 2. The van der Waals surface area contributed by atoms with Crippen LogP contribution in [0.3, 0.4) is 0 Å². The highest BCUT2D eigenvalue weighted by Gasteiger charge is 2.53. The topological polar surface area (TPSA) is 272 Å². The highest BCUT2D eigenvalue weighted by Crippen LogP contribution is 2.33. The molecule has 0 saturated carbocycles. The molecule has 3 aliphatic heterocycles. The van der Waals surface area contributed by atoms with Gasteiger partial charge in [-0.15, -0.1) is 0 Å². The van der Waals surface area contributed by atoms with E-state index in [1.54, 1.807) is 7.05 Å². The summed E-state index contributed by atoms with van der Waals surface area (Å²) < 4.78 is 35.5. The van der Waals surface area contributed by atoms with Crippen molar-refractivity contribution < 1.29 is 78.6 Å². The maximum atomic E-state index is 12.3. The molecule has 3 rings (SSSR count). The Morgan fingerprint density at radius 1 is 0.755 bits per heavy atom. The zero-order valence-electron chi connectivity index (χ0n) is 28.2. The van der Waals surface area contributed by atoms with E-state index in [0.717, 1.165) is 6.92 Å². The van der Waals surface area contributed by atoms with E-state index in [1.807, 2.05) is 0 Å². The number of amides is 2. The zero-order chi connectivity index (χ0) is 36.2. The average molecular weight is 711 g/mol. The number of carbonyl (C=O) groups is 3. The SMILES string of the molecule is CNC(=O)CCCCC(=O)CCCCO[C@@H]1OC(CO)[C@H](O)[C@H](O[C@H]2OC(CO)[C@H](O)[C@H](O)C2NC(C)=O)C1O[C@H]1C[C@@H](O)[C@H](O)C(C)O1. The standard InChI is InChI=1S/C31H54N2O16/c1-15-24(40)18(38)12-22(45-15)48-29-28(49-30-23(33-16(2)36)27(43)25(41)19(13-34)46-30)26(42)20(14-35)47-31(29)44-11-7-6-9-17(37)8-4-5-10-21(39)32-3/h15,18-20,22-31,34-35,38,40-43H,4-14H2,1-3H3,(H,32,39)(H,33,36)/t15?,18-,19?,20?,22+,23?,24-,25+,26+,27-,28+,29?,30-,31-/m1/s1. The largest absolute Gasteiger partial charge is 0.394 e. The first-order valence-electron chi connectivity index (χ1n) is 16.8. The minimum atomic E-state index is -1.66. The molecule has 0 aromatic heterocycles. The Bertz CT molecular complexity index is 1030. The molecule has 3 aliphatic rings. The van der Waals surface area contributed by atoms with Gasteiger partial charge in [-0.25, -0.2) is 0 Å². The Hall–Kier alpha value is -1.91. The highest BCUT2D eigenvalue weighted by molar-refractivity contribution is 5.78. The molecular formula is C31H54N2O16. The quantitative estimate of drug-likeness (QED) is 0.0630. The molecule has 0 radical (unpaired) electrons. The second-order valence-electron chi connectivity index (χ2n) is 12.7. The summed E-state index contributed by atoms with van der Waals surface area (Å²) in [6.45, 7) is 1.32. The lowest BCUT2D eigenvalue weighted by Crippen LogP contribution is -2.68. The van der Waals surface area contributed by atoms with Gasteiger partial charge >= 0.3 is 0 Å². The number of aliphatic hydroxyl groups excluding tert-OH is 7. The molecular weight excluding hydrogens is 656 g/mol. The molecule has 18 nitrogen and oxygen atoms in total. The monoisotopic (exact) mass is 710 g/mol. The van der Waals surface area contributed by atoms with Crippen LogP contribution < -0.4 is 10.6 Å². The summed E-state index contributed by atoms with van der Waals surface area (Å²) >= 11 is 0. The van der Waals surface area contributed by atoms with Gasteiger partial charge in [0.25, 0.3) is 0 Å². The molecule has 14 atom stereocenters. The first-order valence-corrected chi connectivity index (χ1v) is 16.8. The number of hydrogen-bond acceptors (Lipinski definition) is 16. The van der Waals surface area contributed by atoms with Gasteiger partial charge in [0.05, 0.1) is 25.4 Å². The number of Topliss-reactive ketones (excluding diaryl/α,β-unsaturated/α-hetero) is 1. The van der Waals surface area contributed by atoms with Crippen LogP contribution >= 0.6 is 0 Å². The molecule has 0 bridgehead atoms. The molecule has 18 heteroatoms. The van der Waals surface area contributed by atoms with Crippen molar-refractivity contribution >= 4 is 17.6 Å². The molecule has 3 saturated heterocycles. The fourth-order valence-corrected chi connectivity index (χ4v) is 5.99. The maximum Gasteiger partial charge on any atom is 0.219 e. The average Bonchev–Trinajstić information content (AvgIpc) is 3.06. The van der Waals surface area contributed by atoms with Crippen molar-refractivity contribution in [1.82, 2.24) is 10.6 Å². The zero-order valence-corrected chi connectivity index (χ0v) is 28.2. The third-order valence-electron chi connectivity index (χ3n) is 8.85. The van der Waals surface area contributed by atoms with E-state index in [9.17, 15) is 50.1 Å². The molecule has 3 heterocycles. The number of carbonyl (C=O) groups excluding carboxylic acids is 3. The van der Waals surface area contributed by atoms with Crippen LogP contribution in [-0.2, 0) is 42.8 Å². The molecule has 0 spiro atoms. The third kappa shape index (κ3) is 11.8. The third-order valence-corrected chi connectivity index (χ3v) is 8.85. The smallest absolute Gasteiger partial charge is 0.219 e. The van der Waals surface area contributed by atoms with Gasteiger partial charge in [-0.3, -0.25) is 14.4 Å². The van der Waals surface area contributed by atoms with Gasteiger partial charge in [-0.05, 0) is 32.6 Å². The Morgan fingerprint density at radius 3 is 1.98 bits per heavy atom. The van der Waals surface area contributed by atoms with Crippen LogP contribution in [0.1, 0.15) is 65.2 Å². The predicted molar refractivity (Wildman–Crippen MR) is 165 cm³/mol. The highest BCUT2D eigenvalue weighted by atomic mass is 16.8. The lowest BCUT2D eigenvalue weighted by Gasteiger charge is -2.49. The minimum absolute atomic E-state index is 0.0444. The van der Waals surface area contributed by atoms with Crippen LogP contribution in [0, 0.1) is 0 Å². The first kappa shape index (κ1) is 41.5. The van der Waals surface area contributed by atoms with Crippen LogP contribution in [0.15, 0.2) is 0 Å². The lowest BCUT2D eigenvalue weighted by molar-refractivity contribution is -0.375. The van der Waals surface area contributed by atoms with E-state index < -0.39 is 105 Å². The van der Waals surface area contributed by atoms with Crippen molar-refractivity contribution in [3.05, 3.63) is 0 Å². The van der Waals surface area contributed by atoms with Crippen LogP contribution in [-0.4, -0.2) is 166 Å².